The number of ether oxygens (including phenoxy) is 9. The van der Waals surface area contributed by atoms with Gasteiger partial charge in [-0.3, -0.25) is 0 Å². The Balaban J connectivity index is 1.15. The van der Waals surface area contributed by atoms with Crippen molar-refractivity contribution < 1.29 is 52.2 Å². The summed E-state index contributed by atoms with van der Waals surface area (Å²) >= 11 is 0. The van der Waals surface area contributed by atoms with Crippen LogP contribution in [0.5, 0.6) is 28.7 Å². The van der Waals surface area contributed by atoms with Crippen LogP contribution in [-0.2, 0) is 18.9 Å². The van der Waals surface area contributed by atoms with Crippen LogP contribution in [0, 0.1) is 0 Å². The van der Waals surface area contributed by atoms with Crippen LogP contribution >= 0.6 is 0 Å². The van der Waals surface area contributed by atoms with Crippen LogP contribution < -0.4 is 23.7 Å². The van der Waals surface area contributed by atoms with Crippen LogP contribution in [0.3, 0.4) is 0 Å². The minimum absolute atomic E-state index is 0.0426. The maximum Gasteiger partial charge on any atom is 0.161 e. The molecule has 42 heavy (non-hydrogen) atoms. The molecule has 0 saturated carbocycles. The summed E-state index contributed by atoms with van der Waals surface area (Å²) in [7, 11) is 0. The van der Waals surface area contributed by atoms with Gasteiger partial charge < -0.3 is 52.2 Å². The maximum absolute atomic E-state index is 11.9. The molecule has 1 N–H and O–H groups in total. The van der Waals surface area contributed by atoms with Gasteiger partial charge in [0, 0.05) is 17.7 Å². The molecule has 11 heteroatoms. The molecule has 5 aliphatic rings. The minimum atomic E-state index is -1.01. The van der Waals surface area contributed by atoms with Gasteiger partial charge in [-0.05, 0) is 29.8 Å². The summed E-state index contributed by atoms with van der Waals surface area (Å²) in [5.74, 6) is 2.84. The summed E-state index contributed by atoms with van der Waals surface area (Å²) in [5, 5.41) is 11.9. The van der Waals surface area contributed by atoms with Gasteiger partial charge in [-0.25, -0.2) is 0 Å². The van der Waals surface area contributed by atoms with Gasteiger partial charge in [0.25, 0.3) is 0 Å². The molecule has 2 aromatic carbocycles. The van der Waals surface area contributed by atoms with Gasteiger partial charge in [-0.15, -0.1) is 0 Å². The lowest BCUT2D eigenvalue weighted by atomic mass is 9.82. The highest BCUT2D eigenvalue weighted by Gasteiger charge is 2.44. The van der Waals surface area contributed by atoms with E-state index < -0.39 is 18.1 Å². The average Bonchev–Trinajstić information content (AvgIpc) is 3.82. The van der Waals surface area contributed by atoms with Crippen LogP contribution in [0.15, 0.2) is 53.1 Å². The number of aliphatic hydroxyl groups is 1. The van der Waals surface area contributed by atoms with Crippen LogP contribution in [-0.4, -0.2) is 88.5 Å². The largest absolute Gasteiger partial charge is 0.491 e. The van der Waals surface area contributed by atoms with Crippen molar-refractivity contribution in [2.75, 3.05) is 52.9 Å². The lowest BCUT2D eigenvalue weighted by Gasteiger charge is -2.37. The normalized spacial score (nSPS) is 30.1. The first-order chi connectivity index (χ1) is 20.7. The first-order valence-corrected chi connectivity index (χ1v) is 14.4. The van der Waals surface area contributed by atoms with Gasteiger partial charge in [0.05, 0.1) is 38.6 Å². The quantitative estimate of drug-likeness (QED) is 0.283. The van der Waals surface area contributed by atoms with E-state index in [4.69, 9.17) is 47.0 Å². The molecule has 0 bridgehead atoms. The standard InChI is InChI=1S/C31H32O11/c32-30-29(24-2-1-5-33-24)28-26(41-16-22-13-38-22)7-18(34-9-19-10-35-19)8-27(28)42-31(30)17-3-4-23(39-14-20-11-36-20)25(6-17)40-15-21-12-37-21/h1-8,19-22,29-32H,9-16H2. The van der Waals surface area contributed by atoms with E-state index >= 15 is 0 Å². The molecule has 7 atom stereocenters. The van der Waals surface area contributed by atoms with Gasteiger partial charge in [-0.1, -0.05) is 6.07 Å². The number of hydrogen-bond acceptors (Lipinski definition) is 11. The van der Waals surface area contributed by atoms with Crippen molar-refractivity contribution >= 4 is 0 Å². The first-order valence-electron chi connectivity index (χ1n) is 14.4. The molecule has 7 unspecified atom stereocenters. The molecular weight excluding hydrogens is 548 g/mol. The van der Waals surface area contributed by atoms with E-state index in [9.17, 15) is 5.11 Å². The van der Waals surface area contributed by atoms with Gasteiger partial charge in [0.1, 0.15) is 80.0 Å². The number of benzene rings is 2. The number of rotatable bonds is 14. The van der Waals surface area contributed by atoms with E-state index in [0.29, 0.717) is 92.9 Å². The molecule has 8 rings (SSSR count). The number of hydrogen-bond donors (Lipinski definition) is 1. The number of aliphatic hydroxyl groups excluding tert-OH is 1. The third-order valence-corrected chi connectivity index (χ3v) is 7.76. The molecule has 11 nitrogen and oxygen atoms in total. The number of furan rings is 1. The van der Waals surface area contributed by atoms with Crippen molar-refractivity contribution in [2.45, 2.75) is 42.5 Å². The summed E-state index contributed by atoms with van der Waals surface area (Å²) in [6.45, 7) is 4.36. The number of fused-ring (bicyclic) bond motifs is 1. The molecular formula is C31H32O11. The van der Waals surface area contributed by atoms with Gasteiger partial charge in [0.2, 0.25) is 0 Å². The topological polar surface area (TPSA) is 130 Å². The van der Waals surface area contributed by atoms with E-state index in [-0.39, 0.29) is 24.4 Å². The van der Waals surface area contributed by atoms with Crippen molar-refractivity contribution in [3.63, 3.8) is 0 Å². The highest BCUT2D eigenvalue weighted by atomic mass is 16.6. The summed E-state index contributed by atoms with van der Waals surface area (Å²) in [6.07, 6.45) is 0.127. The van der Waals surface area contributed by atoms with Crippen molar-refractivity contribution in [3.05, 3.63) is 65.6 Å². The van der Waals surface area contributed by atoms with E-state index in [1.807, 2.05) is 36.4 Å². The molecule has 222 valence electrons. The summed E-state index contributed by atoms with van der Waals surface area (Å²) in [5.41, 5.74) is 1.41. The fraction of sp³-hybridized carbons (Fsp3) is 0.484. The van der Waals surface area contributed by atoms with Crippen molar-refractivity contribution in [3.8, 4) is 28.7 Å². The van der Waals surface area contributed by atoms with E-state index in [2.05, 4.69) is 0 Å². The zero-order chi connectivity index (χ0) is 28.0. The third kappa shape index (κ3) is 5.88. The summed E-state index contributed by atoms with van der Waals surface area (Å²) in [6, 6.07) is 12.9. The molecule has 0 radical (unpaired) electrons. The molecule has 4 fully saturated rings. The molecule has 0 amide bonds. The van der Waals surface area contributed by atoms with Crippen molar-refractivity contribution in [1.29, 1.82) is 0 Å². The van der Waals surface area contributed by atoms with Crippen molar-refractivity contribution in [2.24, 2.45) is 0 Å². The minimum Gasteiger partial charge on any atom is -0.491 e. The molecule has 6 heterocycles. The predicted molar refractivity (Wildman–Crippen MR) is 144 cm³/mol. The Morgan fingerprint density at radius 3 is 1.93 bits per heavy atom. The molecule has 0 aliphatic carbocycles. The second kappa shape index (κ2) is 11.0. The van der Waals surface area contributed by atoms with Crippen LogP contribution in [0.2, 0.25) is 0 Å². The average molecular weight is 581 g/mol. The molecule has 0 spiro atoms. The van der Waals surface area contributed by atoms with E-state index in [1.54, 1.807) is 12.3 Å². The highest BCUT2D eigenvalue weighted by molar-refractivity contribution is 5.57. The van der Waals surface area contributed by atoms with E-state index in [0.717, 1.165) is 5.56 Å². The molecule has 5 aliphatic heterocycles. The molecule has 3 aromatic rings. The van der Waals surface area contributed by atoms with Crippen LogP contribution in [0.4, 0.5) is 0 Å². The number of epoxide rings is 4. The smallest absolute Gasteiger partial charge is 0.161 e. The lowest BCUT2D eigenvalue weighted by Crippen LogP contribution is -2.35. The van der Waals surface area contributed by atoms with Crippen LogP contribution in [0.1, 0.15) is 28.9 Å². The molecule has 4 saturated heterocycles. The Labute approximate surface area is 242 Å². The zero-order valence-electron chi connectivity index (χ0n) is 22.8. The SMILES string of the molecule is OC1C(c2ccc(OCC3CO3)c(OCC3CO3)c2)Oc2cc(OCC3CO3)cc(OCC3CO3)c2C1c1ccco1. The third-order valence-electron chi connectivity index (χ3n) is 7.76. The zero-order valence-corrected chi connectivity index (χ0v) is 22.8. The van der Waals surface area contributed by atoms with Gasteiger partial charge in [0.15, 0.2) is 17.6 Å². The Kier molecular flexibility index (Phi) is 6.84. The van der Waals surface area contributed by atoms with Crippen molar-refractivity contribution in [1.82, 2.24) is 0 Å². The summed E-state index contributed by atoms with van der Waals surface area (Å²) in [4.78, 5) is 0. The fourth-order valence-electron chi connectivity index (χ4n) is 5.11. The van der Waals surface area contributed by atoms with Gasteiger partial charge in [-0.2, -0.15) is 0 Å². The monoisotopic (exact) mass is 580 g/mol. The van der Waals surface area contributed by atoms with E-state index in [1.165, 1.54) is 0 Å². The predicted octanol–water partition coefficient (Wildman–Crippen LogP) is 3.02. The Morgan fingerprint density at radius 1 is 0.690 bits per heavy atom. The Hall–Kier alpha value is -3.48. The first kappa shape index (κ1) is 26.2. The highest BCUT2D eigenvalue weighted by Crippen LogP contribution is 2.51. The van der Waals surface area contributed by atoms with Gasteiger partial charge >= 0.3 is 0 Å². The Morgan fingerprint density at radius 2 is 1.31 bits per heavy atom. The van der Waals surface area contributed by atoms with Crippen LogP contribution in [0.25, 0.3) is 0 Å². The maximum atomic E-state index is 11.9. The second-order valence-electron chi connectivity index (χ2n) is 11.1. The lowest BCUT2D eigenvalue weighted by molar-refractivity contribution is 0.00277. The molecule has 1 aromatic heterocycles. The Bertz CT molecular complexity index is 1390. The summed E-state index contributed by atoms with van der Waals surface area (Å²) < 4.78 is 58.1. The second-order valence-corrected chi connectivity index (χ2v) is 11.1. The fourth-order valence-corrected chi connectivity index (χ4v) is 5.11.